The van der Waals surface area contributed by atoms with E-state index >= 15 is 0 Å². The summed E-state index contributed by atoms with van der Waals surface area (Å²) in [6, 6.07) is 11.7. The summed E-state index contributed by atoms with van der Waals surface area (Å²) in [5, 5.41) is 0.956. The molecule has 0 spiro atoms. The standard InChI is InChI=1S/C17H17Cl2NO4S/c18-16-6-1-13(11-17(16)19)12-24-14-2-4-15(5-3-14)25(21,22)20-7-9-23-10-8-20/h1-6,11H,7-10,12H2. The van der Waals surface area contributed by atoms with Crippen molar-refractivity contribution in [3.63, 3.8) is 0 Å². The molecule has 1 heterocycles. The van der Waals surface area contributed by atoms with Gasteiger partial charge in [0.1, 0.15) is 12.4 Å². The van der Waals surface area contributed by atoms with Gasteiger partial charge in [0, 0.05) is 13.1 Å². The maximum atomic E-state index is 12.5. The molecule has 0 unspecified atom stereocenters. The minimum atomic E-state index is -3.49. The average molecular weight is 402 g/mol. The van der Waals surface area contributed by atoms with E-state index in [9.17, 15) is 8.42 Å². The zero-order valence-electron chi connectivity index (χ0n) is 13.3. The van der Waals surface area contributed by atoms with Gasteiger partial charge in [-0.15, -0.1) is 0 Å². The van der Waals surface area contributed by atoms with Crippen molar-refractivity contribution in [3.8, 4) is 5.75 Å². The molecule has 0 aliphatic carbocycles. The summed E-state index contributed by atoms with van der Waals surface area (Å²) in [5.74, 6) is 0.576. The number of rotatable bonds is 5. The summed E-state index contributed by atoms with van der Waals surface area (Å²) in [4.78, 5) is 0.247. The summed E-state index contributed by atoms with van der Waals surface area (Å²) in [6.07, 6.45) is 0. The van der Waals surface area contributed by atoms with Gasteiger partial charge in [0.05, 0.1) is 28.2 Å². The summed E-state index contributed by atoms with van der Waals surface area (Å²) in [7, 11) is -3.49. The largest absolute Gasteiger partial charge is 0.489 e. The second-order valence-electron chi connectivity index (χ2n) is 5.52. The molecule has 0 bridgehead atoms. The van der Waals surface area contributed by atoms with Crippen LogP contribution in [-0.2, 0) is 21.4 Å². The fourth-order valence-corrected chi connectivity index (χ4v) is 4.17. The van der Waals surface area contributed by atoms with E-state index in [-0.39, 0.29) is 4.90 Å². The Kier molecular flexibility index (Phi) is 5.86. The fourth-order valence-electron chi connectivity index (χ4n) is 2.44. The van der Waals surface area contributed by atoms with Crippen LogP contribution in [0.25, 0.3) is 0 Å². The van der Waals surface area contributed by atoms with E-state index in [4.69, 9.17) is 32.7 Å². The molecule has 8 heteroatoms. The Hall–Kier alpha value is -1.31. The molecule has 0 radical (unpaired) electrons. The maximum absolute atomic E-state index is 12.5. The second kappa shape index (κ2) is 7.93. The molecule has 2 aromatic rings. The predicted molar refractivity (Wildman–Crippen MR) is 96.8 cm³/mol. The van der Waals surface area contributed by atoms with Crippen LogP contribution in [0.2, 0.25) is 10.0 Å². The molecule has 5 nitrogen and oxygen atoms in total. The lowest BCUT2D eigenvalue weighted by Crippen LogP contribution is -2.40. The quantitative estimate of drug-likeness (QED) is 0.767. The Balaban J connectivity index is 1.66. The van der Waals surface area contributed by atoms with Gasteiger partial charge < -0.3 is 9.47 Å². The second-order valence-corrected chi connectivity index (χ2v) is 8.28. The van der Waals surface area contributed by atoms with Gasteiger partial charge in [0.2, 0.25) is 10.0 Å². The van der Waals surface area contributed by atoms with Crippen LogP contribution >= 0.6 is 23.2 Å². The fraction of sp³-hybridized carbons (Fsp3) is 0.294. The normalized spacial score (nSPS) is 15.9. The number of ether oxygens (including phenoxy) is 2. The lowest BCUT2D eigenvalue weighted by Gasteiger charge is -2.26. The summed E-state index contributed by atoms with van der Waals surface area (Å²) in [6.45, 7) is 1.90. The van der Waals surface area contributed by atoms with Crippen LogP contribution in [0.1, 0.15) is 5.56 Å². The molecule has 0 saturated carbocycles. The van der Waals surface area contributed by atoms with Crippen LogP contribution in [-0.4, -0.2) is 39.0 Å². The monoisotopic (exact) mass is 401 g/mol. The van der Waals surface area contributed by atoms with E-state index in [2.05, 4.69) is 0 Å². The molecule has 1 aliphatic rings. The van der Waals surface area contributed by atoms with Crippen molar-refractivity contribution in [3.05, 3.63) is 58.1 Å². The molecule has 3 rings (SSSR count). The van der Waals surface area contributed by atoms with Crippen molar-refractivity contribution in [1.82, 2.24) is 4.31 Å². The van der Waals surface area contributed by atoms with Crippen LogP contribution in [0.5, 0.6) is 5.75 Å². The Morgan fingerprint density at radius 2 is 1.68 bits per heavy atom. The molecule has 1 fully saturated rings. The maximum Gasteiger partial charge on any atom is 0.243 e. The summed E-state index contributed by atoms with van der Waals surface area (Å²) >= 11 is 11.9. The van der Waals surface area contributed by atoms with Gasteiger partial charge >= 0.3 is 0 Å². The minimum Gasteiger partial charge on any atom is -0.489 e. The Bertz CT molecular complexity index is 834. The van der Waals surface area contributed by atoms with Gasteiger partial charge in [0.15, 0.2) is 0 Å². The number of morpholine rings is 1. The number of hydrogen-bond acceptors (Lipinski definition) is 4. The van der Waals surface area contributed by atoms with Gasteiger partial charge in [-0.1, -0.05) is 29.3 Å². The summed E-state index contributed by atoms with van der Waals surface area (Å²) in [5.41, 5.74) is 0.874. The smallest absolute Gasteiger partial charge is 0.243 e. The number of sulfonamides is 1. The molecule has 0 aromatic heterocycles. The van der Waals surface area contributed by atoms with Gasteiger partial charge in [-0.05, 0) is 42.0 Å². The highest BCUT2D eigenvalue weighted by molar-refractivity contribution is 7.89. The van der Waals surface area contributed by atoms with Crippen molar-refractivity contribution in [1.29, 1.82) is 0 Å². The zero-order valence-corrected chi connectivity index (χ0v) is 15.6. The topological polar surface area (TPSA) is 55.8 Å². The molecule has 0 atom stereocenters. The molecule has 1 saturated heterocycles. The van der Waals surface area contributed by atoms with Crippen molar-refractivity contribution in [2.24, 2.45) is 0 Å². The lowest BCUT2D eigenvalue weighted by atomic mass is 10.2. The first kappa shape index (κ1) is 18.5. The lowest BCUT2D eigenvalue weighted by molar-refractivity contribution is 0.0730. The molecular formula is C17H17Cl2NO4S. The third kappa shape index (κ3) is 4.46. The Labute approximate surface area is 157 Å². The number of benzene rings is 2. The van der Waals surface area contributed by atoms with Gasteiger partial charge in [-0.25, -0.2) is 8.42 Å². The summed E-state index contributed by atoms with van der Waals surface area (Å²) < 4.78 is 37.4. The van der Waals surface area contributed by atoms with Crippen LogP contribution in [0.15, 0.2) is 47.4 Å². The molecule has 1 aliphatic heterocycles. The molecule has 2 aromatic carbocycles. The van der Waals surface area contributed by atoms with E-state index in [1.54, 1.807) is 36.4 Å². The van der Waals surface area contributed by atoms with Crippen LogP contribution in [0.3, 0.4) is 0 Å². The van der Waals surface area contributed by atoms with Crippen molar-refractivity contribution >= 4 is 33.2 Å². The van der Waals surface area contributed by atoms with Crippen LogP contribution < -0.4 is 4.74 Å². The van der Waals surface area contributed by atoms with E-state index in [1.165, 1.54) is 4.31 Å². The highest BCUT2D eigenvalue weighted by Gasteiger charge is 2.26. The molecule has 25 heavy (non-hydrogen) atoms. The van der Waals surface area contributed by atoms with Crippen molar-refractivity contribution in [2.45, 2.75) is 11.5 Å². The third-order valence-electron chi connectivity index (χ3n) is 3.82. The zero-order chi connectivity index (χ0) is 17.9. The first-order valence-electron chi connectivity index (χ1n) is 7.71. The van der Waals surface area contributed by atoms with Crippen LogP contribution in [0, 0.1) is 0 Å². The number of nitrogens with zero attached hydrogens (tertiary/aromatic N) is 1. The SMILES string of the molecule is O=S(=O)(c1ccc(OCc2ccc(Cl)c(Cl)c2)cc1)N1CCOCC1. The van der Waals surface area contributed by atoms with E-state index in [0.29, 0.717) is 48.7 Å². The number of hydrogen-bond donors (Lipinski definition) is 0. The third-order valence-corrected chi connectivity index (χ3v) is 6.47. The minimum absolute atomic E-state index is 0.247. The van der Waals surface area contributed by atoms with Gasteiger partial charge in [-0.2, -0.15) is 4.31 Å². The molecule has 0 N–H and O–H groups in total. The highest BCUT2D eigenvalue weighted by atomic mass is 35.5. The Morgan fingerprint density at radius 1 is 1.00 bits per heavy atom. The molecule has 0 amide bonds. The molecule has 134 valence electrons. The highest BCUT2D eigenvalue weighted by Crippen LogP contribution is 2.24. The average Bonchev–Trinajstić information content (AvgIpc) is 2.64. The van der Waals surface area contributed by atoms with E-state index in [1.807, 2.05) is 6.07 Å². The first-order valence-corrected chi connectivity index (χ1v) is 9.91. The predicted octanol–water partition coefficient (Wildman–Crippen LogP) is 3.59. The van der Waals surface area contributed by atoms with Crippen molar-refractivity contribution < 1.29 is 17.9 Å². The van der Waals surface area contributed by atoms with Gasteiger partial charge in [0.25, 0.3) is 0 Å². The Morgan fingerprint density at radius 3 is 2.32 bits per heavy atom. The van der Waals surface area contributed by atoms with E-state index in [0.717, 1.165) is 5.56 Å². The van der Waals surface area contributed by atoms with Crippen molar-refractivity contribution in [2.75, 3.05) is 26.3 Å². The number of halogens is 2. The van der Waals surface area contributed by atoms with Gasteiger partial charge in [-0.3, -0.25) is 0 Å². The molecular weight excluding hydrogens is 385 g/mol. The van der Waals surface area contributed by atoms with Crippen LogP contribution in [0.4, 0.5) is 0 Å². The van der Waals surface area contributed by atoms with E-state index < -0.39 is 10.0 Å². The first-order chi connectivity index (χ1) is 12.0.